The Morgan fingerprint density at radius 2 is 1.67 bits per heavy atom. The molecule has 110 valence electrons. The summed E-state index contributed by atoms with van der Waals surface area (Å²) in [5.74, 6) is 0. The molecule has 0 saturated carbocycles. The zero-order chi connectivity index (χ0) is 15.6. The number of hydrogen-bond acceptors (Lipinski definition) is 3. The number of halogens is 1. The number of hydrogen-bond donors (Lipinski definition) is 1. The number of carbonyl (C=O) groups excluding carboxylic acids is 1. The summed E-state index contributed by atoms with van der Waals surface area (Å²) in [5.41, 5.74) is 6.16. The van der Waals surface area contributed by atoms with E-state index in [1.807, 2.05) is 6.92 Å². The standard InChI is InChI=1S/C14H13ClN2O3S/c1-10-6-8-11(9-7-10)21(19,20)17(14(16)18)13-5-3-2-4-12(13)15/h2-9H,1H3,(H2,16,18). The van der Waals surface area contributed by atoms with Crippen molar-refractivity contribution < 1.29 is 13.2 Å². The van der Waals surface area contributed by atoms with Gasteiger partial charge in [-0.25, -0.2) is 13.2 Å². The number of amides is 2. The van der Waals surface area contributed by atoms with Gasteiger partial charge in [-0.05, 0) is 31.2 Å². The van der Waals surface area contributed by atoms with Gasteiger partial charge in [0.25, 0.3) is 10.0 Å². The molecular weight excluding hydrogens is 312 g/mol. The van der Waals surface area contributed by atoms with E-state index >= 15 is 0 Å². The van der Waals surface area contributed by atoms with Crippen LogP contribution in [0.1, 0.15) is 5.56 Å². The highest BCUT2D eigenvalue weighted by molar-refractivity contribution is 7.93. The molecule has 2 rings (SSSR count). The number of primary amides is 1. The molecule has 0 fully saturated rings. The lowest BCUT2D eigenvalue weighted by molar-refractivity contribution is 0.257. The number of benzene rings is 2. The molecule has 0 unspecified atom stereocenters. The van der Waals surface area contributed by atoms with Crippen LogP contribution in [-0.2, 0) is 10.0 Å². The Hall–Kier alpha value is -2.05. The van der Waals surface area contributed by atoms with E-state index in [1.165, 1.54) is 24.3 Å². The highest BCUT2D eigenvalue weighted by Gasteiger charge is 2.30. The first-order valence-corrected chi connectivity index (χ1v) is 7.82. The lowest BCUT2D eigenvalue weighted by Gasteiger charge is -2.21. The molecule has 0 radical (unpaired) electrons. The lowest BCUT2D eigenvalue weighted by atomic mass is 10.2. The lowest BCUT2D eigenvalue weighted by Crippen LogP contribution is -2.41. The maximum Gasteiger partial charge on any atom is 0.333 e. The SMILES string of the molecule is Cc1ccc(S(=O)(=O)N(C(N)=O)c2ccccc2Cl)cc1. The molecule has 0 spiro atoms. The highest BCUT2D eigenvalue weighted by Crippen LogP contribution is 2.30. The second-order valence-electron chi connectivity index (χ2n) is 4.37. The maximum atomic E-state index is 12.6. The molecule has 0 aliphatic carbocycles. The molecule has 0 atom stereocenters. The highest BCUT2D eigenvalue weighted by atomic mass is 35.5. The molecule has 2 amide bonds. The summed E-state index contributed by atoms with van der Waals surface area (Å²) in [6, 6.07) is 11.1. The molecule has 0 aromatic heterocycles. The van der Waals surface area contributed by atoms with E-state index in [0.29, 0.717) is 4.31 Å². The number of nitrogens with two attached hydrogens (primary N) is 1. The molecule has 2 aromatic carbocycles. The quantitative estimate of drug-likeness (QED) is 0.942. The van der Waals surface area contributed by atoms with Crippen molar-refractivity contribution in [2.75, 3.05) is 4.31 Å². The first-order valence-electron chi connectivity index (χ1n) is 6.00. The fraction of sp³-hybridized carbons (Fsp3) is 0.0714. The van der Waals surface area contributed by atoms with Crippen molar-refractivity contribution in [3.05, 3.63) is 59.1 Å². The Bertz CT molecular complexity index is 773. The van der Waals surface area contributed by atoms with Crippen molar-refractivity contribution in [1.29, 1.82) is 0 Å². The number of sulfonamides is 1. The minimum atomic E-state index is -4.12. The van der Waals surface area contributed by atoms with Gasteiger partial charge in [-0.1, -0.05) is 41.4 Å². The van der Waals surface area contributed by atoms with E-state index in [-0.39, 0.29) is 15.6 Å². The summed E-state index contributed by atoms with van der Waals surface area (Å²) in [6.45, 7) is 1.83. The van der Waals surface area contributed by atoms with Crippen LogP contribution in [0.3, 0.4) is 0 Å². The summed E-state index contributed by atoms with van der Waals surface area (Å²) >= 11 is 5.97. The van der Waals surface area contributed by atoms with Crippen LogP contribution in [0.15, 0.2) is 53.4 Å². The van der Waals surface area contributed by atoms with Gasteiger partial charge in [0, 0.05) is 0 Å². The summed E-state index contributed by atoms with van der Waals surface area (Å²) < 4.78 is 25.7. The second-order valence-corrected chi connectivity index (χ2v) is 6.57. The van der Waals surface area contributed by atoms with Crippen molar-refractivity contribution in [3.63, 3.8) is 0 Å². The van der Waals surface area contributed by atoms with Crippen molar-refractivity contribution in [2.45, 2.75) is 11.8 Å². The van der Waals surface area contributed by atoms with Gasteiger partial charge in [-0.15, -0.1) is 0 Å². The molecule has 0 aliphatic rings. The summed E-state index contributed by atoms with van der Waals surface area (Å²) in [4.78, 5) is 11.6. The van der Waals surface area contributed by atoms with Crippen molar-refractivity contribution in [1.82, 2.24) is 0 Å². The molecule has 5 nitrogen and oxygen atoms in total. The molecule has 2 N–H and O–H groups in total. The van der Waals surface area contributed by atoms with Gasteiger partial charge in [0.2, 0.25) is 0 Å². The van der Waals surface area contributed by atoms with Crippen LogP contribution in [0.25, 0.3) is 0 Å². The number of anilines is 1. The maximum absolute atomic E-state index is 12.6. The Balaban J connectivity index is 2.60. The third-order valence-corrected chi connectivity index (χ3v) is 4.88. The van der Waals surface area contributed by atoms with Crippen LogP contribution in [0, 0.1) is 6.92 Å². The normalized spacial score (nSPS) is 11.1. The smallest absolute Gasteiger partial charge is 0.333 e. The van der Waals surface area contributed by atoms with E-state index in [2.05, 4.69) is 0 Å². The minimum absolute atomic E-state index is 0.0206. The topological polar surface area (TPSA) is 80.5 Å². The van der Waals surface area contributed by atoms with Gasteiger partial charge in [0.15, 0.2) is 0 Å². The van der Waals surface area contributed by atoms with Gasteiger partial charge in [-0.3, -0.25) is 0 Å². The van der Waals surface area contributed by atoms with Gasteiger partial charge in [0.1, 0.15) is 0 Å². The molecule has 0 aliphatic heterocycles. The monoisotopic (exact) mass is 324 g/mol. The third-order valence-electron chi connectivity index (χ3n) is 2.83. The number of carbonyl (C=O) groups is 1. The predicted octanol–water partition coefficient (Wildman–Crippen LogP) is 2.92. The van der Waals surface area contributed by atoms with Crippen LogP contribution in [0.2, 0.25) is 5.02 Å². The second kappa shape index (κ2) is 5.75. The molecule has 2 aromatic rings. The minimum Gasteiger partial charge on any atom is -0.350 e. The van der Waals surface area contributed by atoms with Crippen molar-refractivity contribution >= 4 is 33.3 Å². The first kappa shape index (κ1) is 15.3. The largest absolute Gasteiger partial charge is 0.350 e. The number of nitrogens with zero attached hydrogens (tertiary/aromatic N) is 1. The van der Waals surface area contributed by atoms with E-state index in [4.69, 9.17) is 17.3 Å². The van der Waals surface area contributed by atoms with Crippen LogP contribution in [0.4, 0.5) is 10.5 Å². The third kappa shape index (κ3) is 3.01. The summed E-state index contributed by atoms with van der Waals surface area (Å²) in [7, 11) is -4.12. The van der Waals surface area contributed by atoms with Crippen LogP contribution in [-0.4, -0.2) is 14.4 Å². The molecule has 0 heterocycles. The number of aryl methyl sites for hydroxylation is 1. The number of para-hydroxylation sites is 1. The van der Waals surface area contributed by atoms with Gasteiger partial charge < -0.3 is 5.73 Å². The fourth-order valence-electron chi connectivity index (χ4n) is 1.80. The molecule has 0 bridgehead atoms. The predicted molar refractivity (Wildman–Crippen MR) is 81.9 cm³/mol. The van der Waals surface area contributed by atoms with Gasteiger partial charge in [0.05, 0.1) is 15.6 Å². The molecule has 0 saturated heterocycles. The van der Waals surface area contributed by atoms with Crippen molar-refractivity contribution in [2.24, 2.45) is 5.73 Å². The van der Waals surface area contributed by atoms with Crippen LogP contribution in [0.5, 0.6) is 0 Å². The van der Waals surface area contributed by atoms with E-state index in [0.717, 1.165) is 5.56 Å². The molecule has 7 heteroatoms. The fourth-order valence-corrected chi connectivity index (χ4v) is 3.41. The van der Waals surface area contributed by atoms with Crippen LogP contribution >= 0.6 is 11.6 Å². The summed E-state index contributed by atoms with van der Waals surface area (Å²) in [6.07, 6.45) is 0. The van der Waals surface area contributed by atoms with Gasteiger partial charge in [-0.2, -0.15) is 4.31 Å². The van der Waals surface area contributed by atoms with E-state index in [9.17, 15) is 13.2 Å². The van der Waals surface area contributed by atoms with Crippen molar-refractivity contribution in [3.8, 4) is 0 Å². The van der Waals surface area contributed by atoms with E-state index < -0.39 is 16.1 Å². The van der Waals surface area contributed by atoms with Gasteiger partial charge >= 0.3 is 6.03 Å². The van der Waals surface area contributed by atoms with Crippen LogP contribution < -0.4 is 10.0 Å². The number of urea groups is 1. The molecule has 21 heavy (non-hydrogen) atoms. The average molecular weight is 325 g/mol. The van der Waals surface area contributed by atoms with E-state index in [1.54, 1.807) is 24.3 Å². The zero-order valence-electron chi connectivity index (χ0n) is 11.2. The molecular formula is C14H13ClN2O3S. The Kier molecular flexibility index (Phi) is 4.20. The number of rotatable bonds is 3. The first-order chi connectivity index (χ1) is 9.84. The summed E-state index contributed by atoms with van der Waals surface area (Å²) in [5, 5.41) is 0.118. The Labute approximate surface area is 128 Å². The Morgan fingerprint density at radius 3 is 2.19 bits per heavy atom. The average Bonchev–Trinajstić information content (AvgIpc) is 2.41. The zero-order valence-corrected chi connectivity index (χ0v) is 12.7. The Morgan fingerprint density at radius 1 is 1.10 bits per heavy atom.